The predicted molar refractivity (Wildman–Crippen MR) is 152 cm³/mol. The molecule has 4 aromatic rings. The van der Waals surface area contributed by atoms with Gasteiger partial charge in [0.15, 0.2) is 0 Å². The van der Waals surface area contributed by atoms with Crippen LogP contribution in [0.2, 0.25) is 0 Å². The quantitative estimate of drug-likeness (QED) is 0.283. The van der Waals surface area contributed by atoms with Crippen molar-refractivity contribution in [1.82, 2.24) is 19.6 Å². The number of carboxylic acid groups (broad SMARTS) is 1. The van der Waals surface area contributed by atoms with E-state index in [1.54, 1.807) is 30.8 Å². The van der Waals surface area contributed by atoms with E-state index in [9.17, 15) is 24.3 Å². The normalized spacial score (nSPS) is 23.6. The van der Waals surface area contributed by atoms with Gasteiger partial charge in [0.05, 0.1) is 35.7 Å². The number of aliphatic carboxylic acids is 1. The molecule has 41 heavy (non-hydrogen) atoms. The summed E-state index contributed by atoms with van der Waals surface area (Å²) in [5.41, 5.74) is -0.156. The number of carbonyl (C=O) groups is 3. The number of hydrogen-bond acceptors (Lipinski definition) is 5. The van der Waals surface area contributed by atoms with E-state index < -0.39 is 46.8 Å². The Balaban J connectivity index is 1.53. The summed E-state index contributed by atoms with van der Waals surface area (Å²) in [6, 6.07) is 21.3. The number of terminal acetylenes is 1. The second kappa shape index (κ2) is 9.61. The predicted octanol–water partition coefficient (Wildman–Crippen LogP) is 2.58. The third-order valence-electron chi connectivity index (χ3n) is 8.58. The highest BCUT2D eigenvalue weighted by Gasteiger charge is 2.69. The summed E-state index contributed by atoms with van der Waals surface area (Å²) in [6.07, 6.45) is 5.41. The first kappa shape index (κ1) is 26.3. The molecule has 2 aliphatic rings. The number of imide groups is 1. The molecule has 2 saturated heterocycles. The molecule has 206 valence electrons. The highest BCUT2D eigenvalue weighted by Crippen LogP contribution is 2.50. The van der Waals surface area contributed by atoms with E-state index in [-0.39, 0.29) is 18.5 Å². The van der Waals surface area contributed by atoms with Gasteiger partial charge in [0.2, 0.25) is 11.8 Å². The van der Waals surface area contributed by atoms with E-state index in [1.807, 2.05) is 60.7 Å². The average Bonchev–Trinajstić information content (AvgIpc) is 3.51. The van der Waals surface area contributed by atoms with Crippen LogP contribution in [-0.2, 0) is 27.9 Å². The SMILES string of the molecule is C#CCN1C(=O)C2C(c3c(C)n(C)n(-c4ccccc4)c3=O)NC(Cc3ccc4ccccc4c3)(C(=O)O)C2C1=O. The lowest BCUT2D eigenvalue weighted by atomic mass is 9.76. The molecule has 6 rings (SSSR count). The number of aromatic nitrogens is 2. The lowest BCUT2D eigenvalue weighted by Gasteiger charge is -2.31. The fourth-order valence-electron chi connectivity index (χ4n) is 6.61. The Labute approximate surface area is 236 Å². The van der Waals surface area contributed by atoms with E-state index >= 15 is 0 Å². The van der Waals surface area contributed by atoms with Crippen molar-refractivity contribution in [2.24, 2.45) is 18.9 Å². The van der Waals surface area contributed by atoms with Crippen molar-refractivity contribution in [1.29, 1.82) is 0 Å². The van der Waals surface area contributed by atoms with Crippen molar-refractivity contribution < 1.29 is 19.5 Å². The number of benzene rings is 3. The molecule has 9 heteroatoms. The van der Waals surface area contributed by atoms with Crippen LogP contribution < -0.4 is 10.9 Å². The molecule has 3 heterocycles. The van der Waals surface area contributed by atoms with Crippen LogP contribution >= 0.6 is 0 Å². The minimum atomic E-state index is -1.86. The largest absolute Gasteiger partial charge is 0.480 e. The maximum atomic E-state index is 14.0. The van der Waals surface area contributed by atoms with E-state index in [4.69, 9.17) is 6.42 Å². The lowest BCUT2D eigenvalue weighted by Crippen LogP contribution is -2.57. The zero-order valence-corrected chi connectivity index (χ0v) is 22.6. The van der Waals surface area contributed by atoms with Gasteiger partial charge in [0, 0.05) is 19.2 Å². The molecule has 4 unspecified atom stereocenters. The van der Waals surface area contributed by atoms with Crippen molar-refractivity contribution in [2.45, 2.75) is 24.9 Å². The summed E-state index contributed by atoms with van der Waals surface area (Å²) in [6.45, 7) is 1.47. The molecule has 0 spiro atoms. The van der Waals surface area contributed by atoms with Crippen molar-refractivity contribution in [3.63, 3.8) is 0 Å². The van der Waals surface area contributed by atoms with Crippen molar-refractivity contribution >= 4 is 28.6 Å². The van der Waals surface area contributed by atoms with Crippen LogP contribution in [0.5, 0.6) is 0 Å². The number of para-hydroxylation sites is 1. The van der Waals surface area contributed by atoms with Crippen molar-refractivity contribution in [3.8, 4) is 18.0 Å². The first-order chi connectivity index (χ1) is 19.7. The molecule has 0 saturated carbocycles. The van der Waals surface area contributed by atoms with Gasteiger partial charge in [0.1, 0.15) is 5.54 Å². The van der Waals surface area contributed by atoms with E-state index in [2.05, 4.69) is 11.2 Å². The first-order valence-electron chi connectivity index (χ1n) is 13.3. The second-order valence-corrected chi connectivity index (χ2v) is 10.7. The molecule has 2 N–H and O–H groups in total. The summed E-state index contributed by atoms with van der Waals surface area (Å²) in [7, 11) is 1.73. The Kier molecular flexibility index (Phi) is 6.16. The molecule has 1 aromatic heterocycles. The molecule has 3 aromatic carbocycles. The molecule has 2 amide bonds. The van der Waals surface area contributed by atoms with Gasteiger partial charge in [-0.05, 0) is 35.4 Å². The van der Waals surface area contributed by atoms with Crippen LogP contribution in [0, 0.1) is 31.1 Å². The summed E-state index contributed by atoms with van der Waals surface area (Å²) in [5.74, 6) is -2.54. The number of carboxylic acids is 1. The minimum absolute atomic E-state index is 0.0769. The number of hydrogen-bond donors (Lipinski definition) is 2. The van der Waals surface area contributed by atoms with Crippen LogP contribution in [0.4, 0.5) is 0 Å². The maximum Gasteiger partial charge on any atom is 0.325 e. The third-order valence-corrected chi connectivity index (χ3v) is 8.58. The Morgan fingerprint density at radius 2 is 1.68 bits per heavy atom. The smallest absolute Gasteiger partial charge is 0.325 e. The van der Waals surface area contributed by atoms with Crippen molar-refractivity contribution in [2.75, 3.05) is 6.54 Å². The Hall–Kier alpha value is -4.94. The van der Waals surface area contributed by atoms with Gasteiger partial charge in [0.25, 0.3) is 5.56 Å². The van der Waals surface area contributed by atoms with Gasteiger partial charge >= 0.3 is 5.97 Å². The van der Waals surface area contributed by atoms with Crippen LogP contribution in [0.25, 0.3) is 16.5 Å². The molecule has 2 aliphatic heterocycles. The fraction of sp³-hybridized carbons (Fsp3) is 0.250. The highest BCUT2D eigenvalue weighted by atomic mass is 16.4. The van der Waals surface area contributed by atoms with Crippen LogP contribution in [0.1, 0.15) is 22.9 Å². The van der Waals surface area contributed by atoms with Gasteiger partial charge in [-0.1, -0.05) is 66.6 Å². The van der Waals surface area contributed by atoms with Gasteiger partial charge < -0.3 is 5.11 Å². The topological polar surface area (TPSA) is 114 Å². The number of carbonyl (C=O) groups excluding carboxylic acids is 2. The second-order valence-electron chi connectivity index (χ2n) is 10.7. The zero-order chi connectivity index (χ0) is 29.1. The lowest BCUT2D eigenvalue weighted by molar-refractivity contribution is -0.151. The molecule has 9 nitrogen and oxygen atoms in total. The standard InChI is InChI=1S/C32H28N4O5/c1-4-16-35-28(37)25-26(30(35)39)32(31(40)41,18-20-14-15-21-10-8-9-11-22(21)17-20)33-27(25)24-19(2)34(3)36(29(24)38)23-12-6-5-7-13-23/h1,5-15,17,25-27,33H,16,18H2,2-3H3,(H,40,41). The maximum absolute atomic E-state index is 14.0. The molecule has 4 atom stereocenters. The highest BCUT2D eigenvalue weighted by molar-refractivity contribution is 6.09. The van der Waals surface area contributed by atoms with Gasteiger partial charge in [-0.25, -0.2) is 4.68 Å². The van der Waals surface area contributed by atoms with E-state index in [0.29, 0.717) is 16.9 Å². The Morgan fingerprint density at radius 1 is 1.00 bits per heavy atom. The molecular formula is C32H28N4O5. The van der Waals surface area contributed by atoms with E-state index in [0.717, 1.165) is 15.7 Å². The van der Waals surface area contributed by atoms with Crippen LogP contribution in [0.3, 0.4) is 0 Å². The van der Waals surface area contributed by atoms with Gasteiger partial charge in [-0.2, -0.15) is 0 Å². The number of amides is 2. The Morgan fingerprint density at radius 3 is 2.37 bits per heavy atom. The summed E-state index contributed by atoms with van der Waals surface area (Å²) in [5, 5.41) is 15.9. The van der Waals surface area contributed by atoms with Gasteiger partial charge in [-0.15, -0.1) is 6.42 Å². The third kappa shape index (κ3) is 3.83. The van der Waals surface area contributed by atoms with Crippen molar-refractivity contribution in [3.05, 3.63) is 100.0 Å². The molecule has 0 radical (unpaired) electrons. The average molecular weight is 549 g/mol. The fourth-order valence-corrected chi connectivity index (χ4v) is 6.61. The molecule has 2 fully saturated rings. The monoisotopic (exact) mass is 548 g/mol. The Bertz CT molecular complexity index is 1830. The molecular weight excluding hydrogens is 520 g/mol. The summed E-state index contributed by atoms with van der Waals surface area (Å²) < 4.78 is 3.15. The number of rotatable bonds is 6. The zero-order valence-electron chi connectivity index (χ0n) is 22.6. The van der Waals surface area contributed by atoms with Gasteiger partial charge in [-0.3, -0.25) is 34.1 Å². The summed E-state index contributed by atoms with van der Waals surface area (Å²) >= 11 is 0. The number of fused-ring (bicyclic) bond motifs is 2. The van der Waals surface area contributed by atoms with E-state index in [1.165, 1.54) is 4.68 Å². The first-order valence-corrected chi connectivity index (χ1v) is 13.3. The minimum Gasteiger partial charge on any atom is -0.480 e. The van der Waals surface area contributed by atoms with Crippen LogP contribution in [-0.4, -0.2) is 49.2 Å². The molecule has 0 aliphatic carbocycles. The summed E-state index contributed by atoms with van der Waals surface area (Å²) in [4.78, 5) is 55.7. The number of nitrogens with zero attached hydrogens (tertiary/aromatic N) is 3. The van der Waals surface area contributed by atoms with Crippen LogP contribution in [0.15, 0.2) is 77.6 Å². The number of nitrogens with one attached hydrogen (secondary N) is 1. The number of likely N-dealkylation sites (tertiary alicyclic amines) is 1. The molecule has 0 bridgehead atoms.